The van der Waals surface area contributed by atoms with Gasteiger partial charge in [0.15, 0.2) is 11.3 Å². The number of oxazole rings is 1. The molecule has 0 radical (unpaired) electrons. The molecule has 0 spiro atoms. The summed E-state index contributed by atoms with van der Waals surface area (Å²) in [6.45, 7) is 5.78. The lowest BCUT2D eigenvalue weighted by molar-refractivity contribution is 0.485. The van der Waals surface area contributed by atoms with Crippen molar-refractivity contribution in [1.82, 2.24) is 4.98 Å². The Kier molecular flexibility index (Phi) is 4.43. The Hall–Kier alpha value is -3.12. The van der Waals surface area contributed by atoms with Crippen LogP contribution in [0.15, 0.2) is 70.0 Å². The van der Waals surface area contributed by atoms with Gasteiger partial charge in [-0.05, 0) is 62.7 Å². The summed E-state index contributed by atoms with van der Waals surface area (Å²) in [7, 11) is -3.98. The molecule has 0 unspecified atom stereocenters. The van der Waals surface area contributed by atoms with Crippen molar-refractivity contribution in [1.29, 1.82) is 0 Å². The molecule has 5 nitrogen and oxygen atoms in total. The van der Waals surface area contributed by atoms with E-state index in [1.54, 1.807) is 30.3 Å². The van der Waals surface area contributed by atoms with Crippen molar-refractivity contribution in [3.8, 4) is 17.2 Å². The first-order valence-electron chi connectivity index (χ1n) is 8.81. The third-order valence-corrected chi connectivity index (χ3v) is 5.67. The van der Waals surface area contributed by atoms with Crippen molar-refractivity contribution in [2.45, 2.75) is 25.7 Å². The molecule has 0 saturated carbocycles. The lowest BCUT2D eigenvalue weighted by atomic mass is 10.1. The summed E-state index contributed by atoms with van der Waals surface area (Å²) in [5.41, 5.74) is 4.81. The number of rotatable bonds is 4. The number of nitrogens with zero attached hydrogens (tertiary/aromatic N) is 1. The summed E-state index contributed by atoms with van der Waals surface area (Å²) in [5.74, 6) is 0.493. The first kappa shape index (κ1) is 18.3. The van der Waals surface area contributed by atoms with Crippen LogP contribution in [0.3, 0.4) is 0 Å². The fourth-order valence-electron chi connectivity index (χ4n) is 2.91. The predicted octanol–water partition coefficient (Wildman–Crippen LogP) is 5.19. The maximum Gasteiger partial charge on any atom is 0.339 e. The van der Waals surface area contributed by atoms with E-state index in [-0.39, 0.29) is 10.6 Å². The summed E-state index contributed by atoms with van der Waals surface area (Å²) < 4.78 is 36.8. The Labute approximate surface area is 163 Å². The Bertz CT molecular complexity index is 1270. The van der Waals surface area contributed by atoms with Crippen molar-refractivity contribution in [3.63, 3.8) is 0 Å². The van der Waals surface area contributed by atoms with Gasteiger partial charge in [-0.1, -0.05) is 35.4 Å². The van der Waals surface area contributed by atoms with E-state index in [9.17, 15) is 8.42 Å². The Balaban J connectivity index is 1.79. The zero-order valence-corrected chi connectivity index (χ0v) is 16.6. The zero-order chi connectivity index (χ0) is 19.9. The minimum atomic E-state index is -3.98. The fraction of sp³-hybridized carbons (Fsp3) is 0.136. The summed E-state index contributed by atoms with van der Waals surface area (Å²) in [6.07, 6.45) is 0. The summed E-state index contributed by atoms with van der Waals surface area (Å²) in [4.78, 5) is 4.61. The molecule has 0 fully saturated rings. The minimum absolute atomic E-state index is 0.0952. The van der Waals surface area contributed by atoms with Gasteiger partial charge in [-0.3, -0.25) is 0 Å². The second-order valence-electron chi connectivity index (χ2n) is 6.84. The van der Waals surface area contributed by atoms with Gasteiger partial charge in [0.1, 0.15) is 10.4 Å². The molecule has 0 bridgehead atoms. The first-order chi connectivity index (χ1) is 13.3. The van der Waals surface area contributed by atoms with Crippen molar-refractivity contribution in [3.05, 3.63) is 77.4 Å². The maximum atomic E-state index is 12.7. The average Bonchev–Trinajstić information content (AvgIpc) is 3.06. The molecule has 0 aliphatic carbocycles. The van der Waals surface area contributed by atoms with Gasteiger partial charge in [-0.2, -0.15) is 8.42 Å². The van der Waals surface area contributed by atoms with Crippen LogP contribution in [0.1, 0.15) is 16.7 Å². The fourth-order valence-corrected chi connectivity index (χ4v) is 3.85. The smallest absolute Gasteiger partial charge is 0.339 e. The van der Waals surface area contributed by atoms with Crippen LogP contribution >= 0.6 is 0 Å². The Morgan fingerprint density at radius 1 is 0.821 bits per heavy atom. The van der Waals surface area contributed by atoms with Crippen LogP contribution in [0.5, 0.6) is 5.75 Å². The van der Waals surface area contributed by atoms with Gasteiger partial charge in [0.2, 0.25) is 5.89 Å². The second-order valence-corrected chi connectivity index (χ2v) is 8.39. The monoisotopic (exact) mass is 393 g/mol. The highest BCUT2D eigenvalue weighted by molar-refractivity contribution is 7.87. The normalized spacial score (nSPS) is 11.7. The highest BCUT2D eigenvalue weighted by Gasteiger charge is 2.21. The third kappa shape index (κ3) is 3.51. The Morgan fingerprint density at radius 3 is 2.21 bits per heavy atom. The molecule has 0 aliphatic heterocycles. The van der Waals surface area contributed by atoms with Crippen LogP contribution < -0.4 is 4.18 Å². The Morgan fingerprint density at radius 2 is 1.46 bits per heavy atom. The lowest BCUT2D eigenvalue weighted by Gasteiger charge is -2.11. The van der Waals surface area contributed by atoms with Crippen molar-refractivity contribution in [2.24, 2.45) is 0 Å². The van der Waals surface area contributed by atoms with E-state index in [0.29, 0.717) is 22.6 Å². The molecule has 6 heteroatoms. The zero-order valence-electron chi connectivity index (χ0n) is 15.8. The molecule has 1 aromatic heterocycles. The number of benzene rings is 3. The van der Waals surface area contributed by atoms with Crippen LogP contribution in [0.4, 0.5) is 0 Å². The molecule has 28 heavy (non-hydrogen) atoms. The average molecular weight is 393 g/mol. The number of aryl methyl sites for hydroxylation is 3. The van der Waals surface area contributed by atoms with Crippen LogP contribution in [0, 0.1) is 20.8 Å². The van der Waals surface area contributed by atoms with Crippen LogP contribution in [0.25, 0.3) is 22.6 Å². The van der Waals surface area contributed by atoms with Crippen LogP contribution in [0.2, 0.25) is 0 Å². The topological polar surface area (TPSA) is 69.4 Å². The highest BCUT2D eigenvalue weighted by Crippen LogP contribution is 2.34. The van der Waals surface area contributed by atoms with Crippen molar-refractivity contribution >= 4 is 21.2 Å². The van der Waals surface area contributed by atoms with Crippen LogP contribution in [-0.2, 0) is 10.1 Å². The van der Waals surface area contributed by atoms with Gasteiger partial charge in [0.25, 0.3) is 0 Å². The van der Waals surface area contributed by atoms with Crippen molar-refractivity contribution in [2.75, 3.05) is 0 Å². The van der Waals surface area contributed by atoms with E-state index >= 15 is 0 Å². The molecule has 0 saturated heterocycles. The summed E-state index contributed by atoms with van der Waals surface area (Å²) >= 11 is 0. The van der Waals surface area contributed by atoms with E-state index in [1.807, 2.05) is 39.0 Å². The number of aromatic nitrogens is 1. The molecule has 1 heterocycles. The second kappa shape index (κ2) is 6.80. The van der Waals surface area contributed by atoms with Gasteiger partial charge in [-0.25, -0.2) is 4.98 Å². The third-order valence-electron chi connectivity index (χ3n) is 4.42. The largest absolute Gasteiger partial charge is 0.436 e. The summed E-state index contributed by atoms with van der Waals surface area (Å²) in [5, 5.41) is 0. The van der Waals surface area contributed by atoms with Crippen molar-refractivity contribution < 1.29 is 17.0 Å². The molecule has 0 N–H and O–H groups in total. The van der Waals surface area contributed by atoms with Crippen LogP contribution in [-0.4, -0.2) is 13.4 Å². The van der Waals surface area contributed by atoms with E-state index in [2.05, 4.69) is 4.98 Å². The lowest BCUT2D eigenvalue weighted by Crippen LogP contribution is -2.10. The minimum Gasteiger partial charge on any atom is -0.436 e. The predicted molar refractivity (Wildman–Crippen MR) is 108 cm³/mol. The number of hydrogen-bond donors (Lipinski definition) is 0. The van der Waals surface area contributed by atoms with E-state index in [0.717, 1.165) is 16.7 Å². The first-order valence-corrected chi connectivity index (χ1v) is 10.2. The van der Waals surface area contributed by atoms with Gasteiger partial charge in [0.05, 0.1) is 5.56 Å². The standard InChI is InChI=1S/C22H19NO4S/c1-14-4-8-17(9-5-14)28(24,25)27-20-10-6-15(2)12-18(20)22-23-19-13-16(3)7-11-21(19)26-22/h4-13H,1-3H3. The molecular weight excluding hydrogens is 374 g/mol. The number of hydrogen-bond acceptors (Lipinski definition) is 5. The number of fused-ring (bicyclic) bond motifs is 1. The van der Waals surface area contributed by atoms with E-state index in [1.165, 1.54) is 12.1 Å². The van der Waals surface area contributed by atoms with Gasteiger partial charge in [-0.15, -0.1) is 0 Å². The summed E-state index contributed by atoms with van der Waals surface area (Å²) in [6, 6.07) is 17.4. The molecule has 0 atom stereocenters. The molecule has 0 aliphatic rings. The molecule has 142 valence electrons. The van der Waals surface area contributed by atoms with Gasteiger partial charge >= 0.3 is 10.1 Å². The molecular formula is C22H19NO4S. The molecule has 4 rings (SSSR count). The molecule has 3 aromatic carbocycles. The molecule has 0 amide bonds. The van der Waals surface area contributed by atoms with Gasteiger partial charge in [0, 0.05) is 0 Å². The van der Waals surface area contributed by atoms with Gasteiger partial charge < -0.3 is 8.60 Å². The SMILES string of the molecule is Cc1ccc(S(=O)(=O)Oc2ccc(C)cc2-c2nc3cc(C)ccc3o2)cc1. The highest BCUT2D eigenvalue weighted by atomic mass is 32.2. The quantitative estimate of drug-likeness (QED) is 0.446. The molecule has 4 aromatic rings. The van der Waals surface area contributed by atoms with E-state index < -0.39 is 10.1 Å². The maximum absolute atomic E-state index is 12.7. The van der Waals surface area contributed by atoms with E-state index in [4.69, 9.17) is 8.60 Å².